The van der Waals surface area contributed by atoms with Crippen LogP contribution in [0.1, 0.15) is 0 Å². The minimum atomic E-state index is 0.905. The van der Waals surface area contributed by atoms with Gasteiger partial charge in [0.25, 0.3) is 0 Å². The van der Waals surface area contributed by atoms with E-state index in [1.807, 2.05) is 6.07 Å². The first kappa shape index (κ1) is 43.3. The van der Waals surface area contributed by atoms with Crippen molar-refractivity contribution >= 4 is 97.3 Å². The van der Waals surface area contributed by atoms with E-state index in [1.54, 1.807) is 0 Å². The van der Waals surface area contributed by atoms with E-state index in [0.717, 1.165) is 27.5 Å². The lowest BCUT2D eigenvalue weighted by Gasteiger charge is -2.19. The number of furan rings is 1. The van der Waals surface area contributed by atoms with E-state index in [2.05, 4.69) is 273 Å². The zero-order chi connectivity index (χ0) is 50.6. The summed E-state index contributed by atoms with van der Waals surface area (Å²) in [7, 11) is 0. The molecular weight excluding hydrogens is 929 g/mol. The van der Waals surface area contributed by atoms with E-state index in [0.29, 0.717) is 0 Å². The van der Waals surface area contributed by atoms with Gasteiger partial charge in [-0.1, -0.05) is 255 Å². The molecule has 1 aromatic heterocycles. The molecule has 16 rings (SSSR count). The molecule has 77 heavy (non-hydrogen) atoms. The van der Waals surface area contributed by atoms with Gasteiger partial charge in [-0.15, -0.1) is 0 Å². The highest BCUT2D eigenvalue weighted by molar-refractivity contribution is 6.26. The zero-order valence-electron chi connectivity index (χ0n) is 42.0. The van der Waals surface area contributed by atoms with Crippen LogP contribution in [0.4, 0.5) is 0 Å². The number of fused-ring (bicyclic) bond motifs is 10. The van der Waals surface area contributed by atoms with Crippen molar-refractivity contribution in [2.24, 2.45) is 0 Å². The van der Waals surface area contributed by atoms with Gasteiger partial charge in [0.05, 0.1) is 0 Å². The third-order valence-corrected chi connectivity index (χ3v) is 16.4. The van der Waals surface area contributed by atoms with E-state index in [-0.39, 0.29) is 0 Å². The number of hydrogen-bond donors (Lipinski definition) is 0. The first-order valence-corrected chi connectivity index (χ1v) is 26.6. The Morgan fingerprint density at radius 1 is 0.182 bits per heavy atom. The van der Waals surface area contributed by atoms with Gasteiger partial charge in [-0.2, -0.15) is 0 Å². The Labute approximate surface area is 445 Å². The highest BCUT2D eigenvalue weighted by Crippen LogP contribution is 2.49. The zero-order valence-corrected chi connectivity index (χ0v) is 42.0. The molecule has 15 aromatic carbocycles. The van der Waals surface area contributed by atoms with Gasteiger partial charge >= 0.3 is 0 Å². The fourth-order valence-electron chi connectivity index (χ4n) is 12.9. The fourth-order valence-corrected chi connectivity index (χ4v) is 12.9. The number of benzene rings is 15. The number of para-hydroxylation sites is 2. The van der Waals surface area contributed by atoms with Crippen LogP contribution in [0.5, 0.6) is 0 Å². The molecule has 1 heteroatoms. The molecule has 0 saturated carbocycles. The van der Waals surface area contributed by atoms with E-state index < -0.39 is 0 Å². The Hall–Kier alpha value is -10.1. The summed E-state index contributed by atoms with van der Waals surface area (Å²) in [4.78, 5) is 0. The van der Waals surface area contributed by atoms with Gasteiger partial charge in [0, 0.05) is 21.9 Å². The van der Waals surface area contributed by atoms with Gasteiger partial charge in [-0.3, -0.25) is 0 Å². The van der Waals surface area contributed by atoms with Crippen LogP contribution in [-0.2, 0) is 0 Å². The standard InChI is InChI=1S/C76H46O/c1-2-17-52-44-55(43-34-47(52)16-1)73-60-23-5-3-21-58(60)72(59-22-4-6-24-61(59)73)51-39-35-50(36-40-51)56-29-13-18-48-37-41-53(45-69(48)56)54-42-38-49-19-14-30-66(70(49)46-54)74-62-25-7-9-27-64(62)75(65-28-10-8-26-63(65)74)68-32-15-31-67-57-20-11-12-33-71(57)77-76(67)68/h1-46H. The first-order chi connectivity index (χ1) is 38.2. The molecule has 0 fully saturated rings. The van der Waals surface area contributed by atoms with Gasteiger partial charge in [0.15, 0.2) is 0 Å². The van der Waals surface area contributed by atoms with Crippen molar-refractivity contribution in [1.82, 2.24) is 0 Å². The first-order valence-electron chi connectivity index (χ1n) is 26.6. The number of rotatable bonds is 6. The average Bonchev–Trinajstić information content (AvgIpc) is 3.96. The average molecular weight is 975 g/mol. The van der Waals surface area contributed by atoms with Crippen molar-refractivity contribution in [3.63, 3.8) is 0 Å². The van der Waals surface area contributed by atoms with E-state index in [1.165, 1.54) is 137 Å². The SMILES string of the molecule is c1ccc2cc(-c3c4ccccc4c(-c4ccc(-c5cccc6ccc(-c7ccc8cccc(-c9c%10ccccc%10c(-c%10cccc%11c%10oc%10ccccc%10%11)c%10ccccc9%10)c8c7)cc56)cc4)c4ccccc34)ccc2c1. The topological polar surface area (TPSA) is 13.1 Å². The molecule has 0 N–H and O–H groups in total. The monoisotopic (exact) mass is 974 g/mol. The molecule has 356 valence electrons. The maximum absolute atomic E-state index is 6.69. The lowest BCUT2D eigenvalue weighted by Crippen LogP contribution is -1.92. The van der Waals surface area contributed by atoms with Gasteiger partial charge in [-0.25, -0.2) is 0 Å². The van der Waals surface area contributed by atoms with Gasteiger partial charge in [0.2, 0.25) is 0 Å². The Bertz CT molecular complexity index is 4980. The molecular formula is C76H46O. The third-order valence-electron chi connectivity index (χ3n) is 16.4. The van der Waals surface area contributed by atoms with Crippen LogP contribution >= 0.6 is 0 Å². The second-order valence-corrected chi connectivity index (χ2v) is 20.6. The van der Waals surface area contributed by atoms with Crippen LogP contribution in [0, 0.1) is 0 Å². The fraction of sp³-hybridized carbons (Fsp3) is 0. The minimum absolute atomic E-state index is 0.905. The van der Waals surface area contributed by atoms with E-state index in [9.17, 15) is 0 Å². The van der Waals surface area contributed by atoms with E-state index >= 15 is 0 Å². The Kier molecular flexibility index (Phi) is 9.71. The molecule has 0 aliphatic rings. The van der Waals surface area contributed by atoms with Crippen molar-refractivity contribution in [3.8, 4) is 66.8 Å². The van der Waals surface area contributed by atoms with Crippen LogP contribution < -0.4 is 0 Å². The summed E-state index contributed by atoms with van der Waals surface area (Å²) in [6.45, 7) is 0. The lowest BCUT2D eigenvalue weighted by atomic mass is 9.84. The molecule has 0 amide bonds. The second-order valence-electron chi connectivity index (χ2n) is 20.6. The summed E-state index contributed by atoms with van der Waals surface area (Å²) in [5, 5.41) is 19.5. The maximum Gasteiger partial charge on any atom is 0.143 e. The minimum Gasteiger partial charge on any atom is -0.455 e. The quantitative estimate of drug-likeness (QED) is 0.151. The molecule has 0 spiro atoms. The predicted molar refractivity (Wildman–Crippen MR) is 329 cm³/mol. The molecule has 1 heterocycles. The predicted octanol–water partition coefficient (Wildman–Crippen LogP) is 21.7. The van der Waals surface area contributed by atoms with Crippen molar-refractivity contribution in [2.75, 3.05) is 0 Å². The summed E-state index contributed by atoms with van der Waals surface area (Å²) in [6.07, 6.45) is 0. The highest BCUT2D eigenvalue weighted by Gasteiger charge is 2.22. The third kappa shape index (κ3) is 6.81. The molecule has 0 radical (unpaired) electrons. The Balaban J connectivity index is 0.812. The smallest absolute Gasteiger partial charge is 0.143 e. The van der Waals surface area contributed by atoms with Crippen LogP contribution in [0.2, 0.25) is 0 Å². The molecule has 0 aliphatic carbocycles. The summed E-state index contributed by atoms with van der Waals surface area (Å²) in [5.41, 5.74) is 16.4. The van der Waals surface area contributed by atoms with E-state index in [4.69, 9.17) is 4.42 Å². The molecule has 0 atom stereocenters. The molecule has 0 bridgehead atoms. The van der Waals surface area contributed by atoms with Crippen LogP contribution in [-0.4, -0.2) is 0 Å². The van der Waals surface area contributed by atoms with Crippen LogP contribution in [0.15, 0.2) is 283 Å². The molecule has 0 saturated heterocycles. The van der Waals surface area contributed by atoms with Crippen LogP contribution in [0.25, 0.3) is 164 Å². The summed E-state index contributed by atoms with van der Waals surface area (Å²) in [5.74, 6) is 0. The Morgan fingerprint density at radius 3 is 1.16 bits per heavy atom. The lowest BCUT2D eigenvalue weighted by molar-refractivity contribution is 0.670. The maximum atomic E-state index is 6.69. The summed E-state index contributed by atoms with van der Waals surface area (Å²) < 4.78 is 6.69. The highest BCUT2D eigenvalue weighted by atomic mass is 16.3. The van der Waals surface area contributed by atoms with Gasteiger partial charge < -0.3 is 4.42 Å². The van der Waals surface area contributed by atoms with Gasteiger partial charge in [0.1, 0.15) is 11.2 Å². The summed E-state index contributed by atoms with van der Waals surface area (Å²) in [6, 6.07) is 103. The molecule has 0 unspecified atom stereocenters. The largest absolute Gasteiger partial charge is 0.455 e. The molecule has 0 aliphatic heterocycles. The van der Waals surface area contributed by atoms with Crippen molar-refractivity contribution in [1.29, 1.82) is 0 Å². The van der Waals surface area contributed by atoms with Crippen molar-refractivity contribution in [2.45, 2.75) is 0 Å². The second kappa shape index (κ2) is 17.2. The van der Waals surface area contributed by atoms with Crippen molar-refractivity contribution < 1.29 is 4.42 Å². The van der Waals surface area contributed by atoms with Crippen LogP contribution in [0.3, 0.4) is 0 Å². The van der Waals surface area contributed by atoms with Crippen molar-refractivity contribution in [3.05, 3.63) is 279 Å². The normalized spacial score (nSPS) is 11.9. The summed E-state index contributed by atoms with van der Waals surface area (Å²) >= 11 is 0. The van der Waals surface area contributed by atoms with Gasteiger partial charge in [-0.05, 0) is 155 Å². The Morgan fingerprint density at radius 2 is 0.558 bits per heavy atom. The molecule has 16 aromatic rings. The molecule has 1 nitrogen and oxygen atoms in total. The number of hydrogen-bond acceptors (Lipinski definition) is 1.